The lowest BCUT2D eigenvalue weighted by molar-refractivity contribution is 0.288. The summed E-state index contributed by atoms with van der Waals surface area (Å²) < 4.78 is 4.76. The van der Waals surface area contributed by atoms with Crippen LogP contribution in [-0.4, -0.2) is 42.9 Å². The molecule has 0 bridgehead atoms. The first-order chi connectivity index (χ1) is 7.08. The van der Waals surface area contributed by atoms with Gasteiger partial charge in [0.2, 0.25) is 0 Å². The van der Waals surface area contributed by atoms with E-state index in [1.165, 1.54) is 0 Å². The SMILES string of the molecule is CN(C)CCc1cccc(OB(O)O)c1. The van der Waals surface area contributed by atoms with Gasteiger partial charge in [-0.25, -0.2) is 0 Å². The van der Waals surface area contributed by atoms with Crippen LogP contribution < -0.4 is 4.65 Å². The van der Waals surface area contributed by atoms with E-state index in [-0.39, 0.29) is 0 Å². The van der Waals surface area contributed by atoms with Crippen LogP contribution >= 0.6 is 0 Å². The molecule has 0 atom stereocenters. The molecule has 0 unspecified atom stereocenters. The van der Waals surface area contributed by atoms with Crippen molar-refractivity contribution in [3.8, 4) is 5.75 Å². The normalized spacial score (nSPS) is 10.5. The molecule has 1 aromatic carbocycles. The standard InChI is InChI=1S/C10H16BNO3/c1-12(2)7-6-9-4-3-5-10(8-9)15-11(13)14/h3-5,8,13-14H,6-7H2,1-2H3. The van der Waals surface area contributed by atoms with E-state index in [4.69, 9.17) is 14.7 Å². The van der Waals surface area contributed by atoms with E-state index in [2.05, 4.69) is 4.90 Å². The van der Waals surface area contributed by atoms with Gasteiger partial charge in [-0.2, -0.15) is 0 Å². The first-order valence-electron chi connectivity index (χ1n) is 4.84. The zero-order chi connectivity index (χ0) is 11.3. The van der Waals surface area contributed by atoms with Crippen molar-refractivity contribution in [1.29, 1.82) is 0 Å². The average Bonchev–Trinajstić information content (AvgIpc) is 2.14. The maximum absolute atomic E-state index is 8.64. The first-order valence-corrected chi connectivity index (χ1v) is 4.84. The Bertz CT molecular complexity index is 304. The molecule has 82 valence electrons. The van der Waals surface area contributed by atoms with Gasteiger partial charge in [0, 0.05) is 6.54 Å². The highest BCUT2D eigenvalue weighted by molar-refractivity contribution is 6.33. The molecule has 0 fully saturated rings. The molecule has 4 nitrogen and oxygen atoms in total. The lowest BCUT2D eigenvalue weighted by atomic mass is 10.1. The molecule has 0 aromatic heterocycles. The van der Waals surface area contributed by atoms with E-state index in [0.29, 0.717) is 5.75 Å². The van der Waals surface area contributed by atoms with E-state index >= 15 is 0 Å². The van der Waals surface area contributed by atoms with Crippen LogP contribution in [0.3, 0.4) is 0 Å². The molecule has 0 aliphatic rings. The molecule has 0 saturated heterocycles. The third kappa shape index (κ3) is 4.83. The Kier molecular flexibility index (Phi) is 4.61. The van der Waals surface area contributed by atoms with Crippen molar-refractivity contribution >= 4 is 7.32 Å². The van der Waals surface area contributed by atoms with E-state index in [1.807, 2.05) is 32.3 Å². The summed E-state index contributed by atoms with van der Waals surface area (Å²) in [5, 5.41) is 17.3. The van der Waals surface area contributed by atoms with Gasteiger partial charge in [-0.05, 0) is 38.2 Å². The van der Waals surface area contributed by atoms with E-state index < -0.39 is 7.32 Å². The van der Waals surface area contributed by atoms with Crippen LogP contribution in [0.4, 0.5) is 0 Å². The van der Waals surface area contributed by atoms with E-state index in [1.54, 1.807) is 6.07 Å². The van der Waals surface area contributed by atoms with Crippen molar-refractivity contribution in [2.24, 2.45) is 0 Å². The zero-order valence-corrected chi connectivity index (χ0v) is 9.05. The van der Waals surface area contributed by atoms with Gasteiger partial charge >= 0.3 is 7.32 Å². The smallest absolute Gasteiger partial charge is 0.512 e. The highest BCUT2D eigenvalue weighted by Crippen LogP contribution is 2.13. The van der Waals surface area contributed by atoms with Gasteiger partial charge in [-0.1, -0.05) is 12.1 Å². The summed E-state index contributed by atoms with van der Waals surface area (Å²) in [6, 6.07) is 7.32. The van der Waals surface area contributed by atoms with Gasteiger partial charge in [0.15, 0.2) is 0 Å². The Labute approximate surface area is 90.3 Å². The van der Waals surface area contributed by atoms with Crippen LogP contribution in [-0.2, 0) is 6.42 Å². The largest absolute Gasteiger partial charge is 0.707 e. The van der Waals surface area contributed by atoms with Crippen LogP contribution in [0.25, 0.3) is 0 Å². The fraction of sp³-hybridized carbons (Fsp3) is 0.400. The Morgan fingerprint density at radius 1 is 1.33 bits per heavy atom. The summed E-state index contributed by atoms with van der Waals surface area (Å²) in [5.41, 5.74) is 1.11. The number of nitrogens with zero attached hydrogens (tertiary/aromatic N) is 1. The van der Waals surface area contributed by atoms with Crippen molar-refractivity contribution in [2.75, 3.05) is 20.6 Å². The third-order valence-corrected chi connectivity index (χ3v) is 1.99. The molecule has 1 aromatic rings. The summed E-state index contributed by atoms with van der Waals surface area (Å²) in [5.74, 6) is 0.473. The van der Waals surface area contributed by atoms with Crippen molar-refractivity contribution in [1.82, 2.24) is 4.90 Å². The maximum atomic E-state index is 8.64. The van der Waals surface area contributed by atoms with Crippen LogP contribution in [0.5, 0.6) is 5.75 Å². The lowest BCUT2D eigenvalue weighted by Crippen LogP contribution is -2.20. The van der Waals surface area contributed by atoms with E-state index in [9.17, 15) is 0 Å². The molecule has 1 rings (SSSR count). The van der Waals surface area contributed by atoms with Crippen LogP contribution in [0, 0.1) is 0 Å². The Hall–Kier alpha value is -1.04. The molecule has 0 amide bonds. The maximum Gasteiger partial charge on any atom is 0.707 e. The van der Waals surface area contributed by atoms with Gasteiger partial charge in [0.1, 0.15) is 5.75 Å². The zero-order valence-electron chi connectivity index (χ0n) is 9.05. The Balaban J connectivity index is 2.57. The summed E-state index contributed by atoms with van der Waals surface area (Å²) in [6.07, 6.45) is 0.908. The number of rotatable bonds is 5. The van der Waals surface area contributed by atoms with Gasteiger partial charge < -0.3 is 19.6 Å². The second kappa shape index (κ2) is 5.75. The second-order valence-electron chi connectivity index (χ2n) is 3.64. The molecular weight excluding hydrogens is 193 g/mol. The molecule has 0 spiro atoms. The molecule has 2 N–H and O–H groups in total. The van der Waals surface area contributed by atoms with Crippen molar-refractivity contribution in [2.45, 2.75) is 6.42 Å². The topological polar surface area (TPSA) is 52.9 Å². The fourth-order valence-electron chi connectivity index (χ4n) is 1.25. The molecular formula is C10H16BNO3. The average molecular weight is 209 g/mol. The second-order valence-corrected chi connectivity index (χ2v) is 3.64. The van der Waals surface area contributed by atoms with Crippen molar-refractivity contribution in [3.63, 3.8) is 0 Å². The predicted octanol–water partition coefficient (Wildman–Crippen LogP) is 0.139. The fourth-order valence-corrected chi connectivity index (χ4v) is 1.25. The monoisotopic (exact) mass is 209 g/mol. The summed E-state index contributed by atoms with van der Waals surface area (Å²) in [4.78, 5) is 2.09. The molecule has 0 radical (unpaired) electrons. The molecule has 0 saturated carbocycles. The minimum absolute atomic E-state index is 0.473. The van der Waals surface area contributed by atoms with E-state index in [0.717, 1.165) is 18.5 Å². The van der Waals surface area contributed by atoms with Crippen molar-refractivity contribution in [3.05, 3.63) is 29.8 Å². The number of likely N-dealkylation sites (N-methyl/N-ethyl adjacent to an activating group) is 1. The summed E-state index contributed by atoms with van der Waals surface area (Å²) in [7, 11) is 2.27. The highest BCUT2D eigenvalue weighted by atomic mass is 16.6. The molecule has 0 aliphatic heterocycles. The minimum Gasteiger partial charge on any atom is -0.512 e. The molecule has 0 aliphatic carbocycles. The van der Waals surface area contributed by atoms with Gasteiger partial charge in [0.25, 0.3) is 0 Å². The lowest BCUT2D eigenvalue weighted by Gasteiger charge is -2.10. The highest BCUT2D eigenvalue weighted by Gasteiger charge is 2.10. The molecule has 15 heavy (non-hydrogen) atoms. The quantitative estimate of drug-likeness (QED) is 0.677. The summed E-state index contributed by atoms with van der Waals surface area (Å²) in [6.45, 7) is 0.950. The van der Waals surface area contributed by atoms with Crippen LogP contribution in [0.15, 0.2) is 24.3 Å². The van der Waals surface area contributed by atoms with Crippen molar-refractivity contribution < 1.29 is 14.7 Å². The Morgan fingerprint density at radius 3 is 2.67 bits per heavy atom. The minimum atomic E-state index is -1.76. The first kappa shape index (κ1) is 12.0. The number of benzene rings is 1. The van der Waals surface area contributed by atoms with Crippen LogP contribution in [0.1, 0.15) is 5.56 Å². The summed E-state index contributed by atoms with van der Waals surface area (Å²) >= 11 is 0. The third-order valence-electron chi connectivity index (χ3n) is 1.99. The molecule has 5 heteroatoms. The van der Waals surface area contributed by atoms with Gasteiger partial charge in [-0.15, -0.1) is 0 Å². The predicted molar refractivity (Wildman–Crippen MR) is 59.5 cm³/mol. The van der Waals surface area contributed by atoms with Crippen LogP contribution in [0.2, 0.25) is 0 Å². The van der Waals surface area contributed by atoms with Gasteiger partial charge in [0.05, 0.1) is 0 Å². The Morgan fingerprint density at radius 2 is 2.07 bits per heavy atom. The molecule has 0 heterocycles. The number of hydrogen-bond donors (Lipinski definition) is 2. The van der Waals surface area contributed by atoms with Gasteiger partial charge in [-0.3, -0.25) is 0 Å². The number of hydrogen-bond acceptors (Lipinski definition) is 4.